The van der Waals surface area contributed by atoms with Crippen LogP contribution in [0.2, 0.25) is 0 Å². The number of benzene rings is 1. The molecule has 0 amide bonds. The average molecular weight is 266 g/mol. The highest BCUT2D eigenvalue weighted by molar-refractivity contribution is 5.19. The van der Waals surface area contributed by atoms with Gasteiger partial charge < -0.3 is 5.73 Å². The summed E-state index contributed by atoms with van der Waals surface area (Å²) in [5, 5.41) is 0. The van der Waals surface area contributed by atoms with E-state index in [1.165, 1.54) is 6.07 Å². The lowest BCUT2D eigenvalue weighted by Gasteiger charge is -2.36. The summed E-state index contributed by atoms with van der Waals surface area (Å²) in [4.78, 5) is 2.39. The van der Waals surface area contributed by atoms with E-state index in [1.807, 2.05) is 6.07 Å². The maximum Gasteiger partial charge on any atom is 0.123 e. The van der Waals surface area contributed by atoms with Gasteiger partial charge in [-0.3, -0.25) is 4.90 Å². The summed E-state index contributed by atoms with van der Waals surface area (Å²) >= 11 is 0. The molecule has 0 saturated carbocycles. The normalized spacial score (nSPS) is 13.8. The second kappa shape index (κ2) is 7.01. The number of hydrogen-bond acceptors (Lipinski definition) is 2. The number of rotatable bonds is 7. The van der Waals surface area contributed by atoms with Crippen LogP contribution < -0.4 is 5.73 Å². The molecule has 108 valence electrons. The Hall–Kier alpha value is -0.930. The molecule has 1 unspecified atom stereocenters. The summed E-state index contributed by atoms with van der Waals surface area (Å²) in [5.41, 5.74) is 6.94. The molecule has 19 heavy (non-hydrogen) atoms. The van der Waals surface area contributed by atoms with Crippen LogP contribution in [0.4, 0.5) is 4.39 Å². The first-order chi connectivity index (χ1) is 8.89. The van der Waals surface area contributed by atoms with Crippen molar-refractivity contribution in [1.82, 2.24) is 4.90 Å². The molecule has 2 nitrogen and oxygen atoms in total. The minimum absolute atomic E-state index is 0.0801. The van der Waals surface area contributed by atoms with Crippen LogP contribution in [0.5, 0.6) is 0 Å². The minimum atomic E-state index is -0.168. The SMILES string of the molecule is CCCN(CC(C)(C)CN)C(C)c1cccc(F)c1. The highest BCUT2D eigenvalue weighted by Gasteiger charge is 2.24. The monoisotopic (exact) mass is 266 g/mol. The Balaban J connectivity index is 2.86. The van der Waals surface area contributed by atoms with Crippen LogP contribution in [-0.2, 0) is 0 Å². The highest BCUT2D eigenvalue weighted by atomic mass is 19.1. The average Bonchev–Trinajstić information content (AvgIpc) is 2.37. The maximum absolute atomic E-state index is 13.3. The molecule has 1 atom stereocenters. The van der Waals surface area contributed by atoms with Gasteiger partial charge in [-0.15, -0.1) is 0 Å². The molecule has 0 aliphatic carbocycles. The molecular formula is C16H27FN2. The fourth-order valence-electron chi connectivity index (χ4n) is 2.29. The topological polar surface area (TPSA) is 29.3 Å². The molecule has 0 aliphatic rings. The van der Waals surface area contributed by atoms with E-state index in [9.17, 15) is 4.39 Å². The van der Waals surface area contributed by atoms with Gasteiger partial charge in [0, 0.05) is 12.6 Å². The Morgan fingerprint density at radius 1 is 1.37 bits per heavy atom. The van der Waals surface area contributed by atoms with Gasteiger partial charge in [-0.2, -0.15) is 0 Å². The third-order valence-electron chi connectivity index (χ3n) is 3.57. The smallest absolute Gasteiger partial charge is 0.123 e. The fourth-order valence-corrected chi connectivity index (χ4v) is 2.29. The molecule has 0 bridgehead atoms. The van der Waals surface area contributed by atoms with Crippen LogP contribution in [0.15, 0.2) is 24.3 Å². The first-order valence-corrected chi connectivity index (χ1v) is 7.09. The zero-order valence-electron chi connectivity index (χ0n) is 12.6. The van der Waals surface area contributed by atoms with Gasteiger partial charge in [0.25, 0.3) is 0 Å². The zero-order chi connectivity index (χ0) is 14.5. The maximum atomic E-state index is 13.3. The van der Waals surface area contributed by atoms with Crippen LogP contribution in [0.25, 0.3) is 0 Å². The van der Waals surface area contributed by atoms with Crippen molar-refractivity contribution >= 4 is 0 Å². The van der Waals surface area contributed by atoms with Crippen LogP contribution in [0.1, 0.15) is 45.7 Å². The van der Waals surface area contributed by atoms with Crippen molar-refractivity contribution in [3.63, 3.8) is 0 Å². The van der Waals surface area contributed by atoms with Gasteiger partial charge in [-0.05, 0) is 49.5 Å². The fraction of sp³-hybridized carbons (Fsp3) is 0.625. The van der Waals surface area contributed by atoms with Gasteiger partial charge in [-0.1, -0.05) is 32.9 Å². The second-order valence-corrected chi connectivity index (χ2v) is 6.07. The van der Waals surface area contributed by atoms with E-state index in [0.717, 1.165) is 25.1 Å². The molecule has 1 aromatic rings. The largest absolute Gasteiger partial charge is 0.330 e. The standard InChI is InChI=1S/C16H27FN2/c1-5-9-19(12-16(3,4)11-18)13(2)14-7-6-8-15(17)10-14/h6-8,10,13H,5,9,11-12,18H2,1-4H3. The third kappa shape index (κ3) is 4.92. The Morgan fingerprint density at radius 3 is 2.58 bits per heavy atom. The second-order valence-electron chi connectivity index (χ2n) is 6.07. The molecule has 2 N–H and O–H groups in total. The van der Waals surface area contributed by atoms with Gasteiger partial charge in [0.15, 0.2) is 0 Å². The highest BCUT2D eigenvalue weighted by Crippen LogP contribution is 2.25. The summed E-state index contributed by atoms with van der Waals surface area (Å²) in [7, 11) is 0. The van der Waals surface area contributed by atoms with Crippen LogP contribution >= 0.6 is 0 Å². The van der Waals surface area contributed by atoms with Crippen molar-refractivity contribution in [2.75, 3.05) is 19.6 Å². The molecule has 0 aromatic heterocycles. The lowest BCUT2D eigenvalue weighted by molar-refractivity contribution is 0.140. The van der Waals surface area contributed by atoms with Crippen molar-refractivity contribution in [2.45, 2.75) is 40.2 Å². The summed E-state index contributed by atoms with van der Waals surface area (Å²) < 4.78 is 13.3. The molecule has 1 aromatic carbocycles. The summed E-state index contributed by atoms with van der Waals surface area (Å²) in [5.74, 6) is -0.168. The van der Waals surface area contributed by atoms with Crippen molar-refractivity contribution in [3.05, 3.63) is 35.6 Å². The molecule has 0 fully saturated rings. The van der Waals surface area contributed by atoms with E-state index >= 15 is 0 Å². The number of nitrogens with two attached hydrogens (primary N) is 1. The third-order valence-corrected chi connectivity index (χ3v) is 3.57. The van der Waals surface area contributed by atoms with E-state index in [0.29, 0.717) is 6.54 Å². The minimum Gasteiger partial charge on any atom is -0.330 e. The van der Waals surface area contributed by atoms with Gasteiger partial charge in [0.1, 0.15) is 5.82 Å². The van der Waals surface area contributed by atoms with E-state index in [1.54, 1.807) is 12.1 Å². The van der Waals surface area contributed by atoms with Crippen LogP contribution in [-0.4, -0.2) is 24.5 Å². The van der Waals surface area contributed by atoms with Crippen molar-refractivity contribution in [2.24, 2.45) is 11.1 Å². The number of halogens is 1. The number of nitrogens with zero attached hydrogens (tertiary/aromatic N) is 1. The van der Waals surface area contributed by atoms with Gasteiger partial charge in [0.2, 0.25) is 0 Å². The Bertz CT molecular complexity index is 390. The van der Waals surface area contributed by atoms with Crippen LogP contribution in [0, 0.1) is 11.2 Å². The Kier molecular flexibility index (Phi) is 5.95. The predicted molar refractivity (Wildman–Crippen MR) is 79.5 cm³/mol. The Labute approximate surface area is 116 Å². The summed E-state index contributed by atoms with van der Waals surface area (Å²) in [6.45, 7) is 11.2. The molecule has 1 rings (SSSR count). The molecule has 0 saturated heterocycles. The van der Waals surface area contributed by atoms with E-state index in [2.05, 4.69) is 32.6 Å². The first kappa shape index (κ1) is 16.1. The molecule has 0 heterocycles. The molecular weight excluding hydrogens is 239 g/mol. The first-order valence-electron chi connectivity index (χ1n) is 7.09. The van der Waals surface area contributed by atoms with Gasteiger partial charge in [-0.25, -0.2) is 4.39 Å². The Morgan fingerprint density at radius 2 is 2.05 bits per heavy atom. The molecule has 3 heteroatoms. The van der Waals surface area contributed by atoms with Crippen molar-refractivity contribution in [3.8, 4) is 0 Å². The summed E-state index contributed by atoms with van der Waals surface area (Å²) in [6, 6.07) is 7.10. The predicted octanol–water partition coefficient (Wildman–Crippen LogP) is 3.58. The molecule has 0 radical (unpaired) electrons. The van der Waals surface area contributed by atoms with E-state index < -0.39 is 0 Å². The zero-order valence-corrected chi connectivity index (χ0v) is 12.6. The quantitative estimate of drug-likeness (QED) is 0.817. The molecule has 0 aliphatic heterocycles. The molecule has 0 spiro atoms. The number of hydrogen-bond donors (Lipinski definition) is 1. The van der Waals surface area contributed by atoms with Gasteiger partial charge in [0.05, 0.1) is 0 Å². The van der Waals surface area contributed by atoms with Crippen molar-refractivity contribution < 1.29 is 4.39 Å². The lowest BCUT2D eigenvalue weighted by Crippen LogP contribution is -2.40. The lowest BCUT2D eigenvalue weighted by atomic mass is 9.91. The van der Waals surface area contributed by atoms with Crippen LogP contribution in [0.3, 0.4) is 0 Å². The van der Waals surface area contributed by atoms with E-state index in [4.69, 9.17) is 5.73 Å². The van der Waals surface area contributed by atoms with E-state index in [-0.39, 0.29) is 17.3 Å². The van der Waals surface area contributed by atoms with Crippen molar-refractivity contribution in [1.29, 1.82) is 0 Å². The van der Waals surface area contributed by atoms with Gasteiger partial charge >= 0.3 is 0 Å². The summed E-state index contributed by atoms with van der Waals surface area (Å²) in [6.07, 6.45) is 1.08.